The zero-order valence-corrected chi connectivity index (χ0v) is 15.3. The molecule has 1 atom stereocenters. The number of nitrogens with zero attached hydrogens (tertiary/aromatic N) is 4. The molecule has 0 aliphatic carbocycles. The van der Waals surface area contributed by atoms with Crippen molar-refractivity contribution in [3.63, 3.8) is 0 Å². The Bertz CT molecular complexity index is 791. The van der Waals surface area contributed by atoms with Crippen molar-refractivity contribution in [2.75, 3.05) is 31.6 Å². The first-order valence-electron chi connectivity index (χ1n) is 9.24. The molecular formula is C20H23FN4O2. The van der Waals surface area contributed by atoms with Crippen LogP contribution in [0.15, 0.2) is 42.9 Å². The number of carbonyl (C=O) groups excluding carboxylic acids is 1. The van der Waals surface area contributed by atoms with E-state index in [4.69, 9.17) is 4.74 Å². The van der Waals surface area contributed by atoms with Gasteiger partial charge >= 0.3 is 0 Å². The summed E-state index contributed by atoms with van der Waals surface area (Å²) in [5.41, 5.74) is 1.19. The average molecular weight is 370 g/mol. The Kier molecular flexibility index (Phi) is 4.78. The first-order chi connectivity index (χ1) is 13.1. The predicted octanol–water partition coefficient (Wildman–Crippen LogP) is 2.52. The van der Waals surface area contributed by atoms with Gasteiger partial charge in [-0.15, -0.1) is 0 Å². The summed E-state index contributed by atoms with van der Waals surface area (Å²) in [7, 11) is 2.02. The van der Waals surface area contributed by atoms with Gasteiger partial charge in [0.2, 0.25) is 0 Å². The lowest BCUT2D eigenvalue weighted by Gasteiger charge is -2.38. The van der Waals surface area contributed by atoms with Crippen LogP contribution in [0.4, 0.5) is 10.1 Å². The van der Waals surface area contributed by atoms with Crippen molar-refractivity contribution >= 4 is 11.6 Å². The third kappa shape index (κ3) is 3.64. The number of hydrogen-bond acceptors (Lipinski definition) is 5. The lowest BCUT2D eigenvalue weighted by atomic mass is 9.87. The highest BCUT2D eigenvalue weighted by atomic mass is 19.1. The minimum absolute atomic E-state index is 0.0732. The molecule has 0 saturated carbocycles. The summed E-state index contributed by atoms with van der Waals surface area (Å²) in [6.07, 6.45) is 7.14. The van der Waals surface area contributed by atoms with Gasteiger partial charge in [0.1, 0.15) is 11.5 Å². The normalized spacial score (nSPS) is 21.4. The summed E-state index contributed by atoms with van der Waals surface area (Å²) >= 11 is 0. The van der Waals surface area contributed by atoms with Crippen molar-refractivity contribution in [3.8, 4) is 0 Å². The Morgan fingerprint density at radius 2 is 2.00 bits per heavy atom. The largest absolute Gasteiger partial charge is 0.373 e. The van der Waals surface area contributed by atoms with Crippen LogP contribution in [0.2, 0.25) is 0 Å². The van der Waals surface area contributed by atoms with Crippen molar-refractivity contribution in [1.29, 1.82) is 0 Å². The fourth-order valence-electron chi connectivity index (χ4n) is 3.99. The molecule has 7 heteroatoms. The molecule has 27 heavy (non-hydrogen) atoms. The molecule has 1 spiro atoms. The second-order valence-electron chi connectivity index (χ2n) is 7.32. The lowest BCUT2D eigenvalue weighted by Crippen LogP contribution is -2.47. The number of hydrogen-bond donors (Lipinski definition) is 0. The summed E-state index contributed by atoms with van der Waals surface area (Å²) in [4.78, 5) is 24.6. The van der Waals surface area contributed by atoms with E-state index in [9.17, 15) is 9.18 Å². The highest BCUT2D eigenvalue weighted by molar-refractivity contribution is 5.92. The van der Waals surface area contributed by atoms with E-state index in [2.05, 4.69) is 14.9 Å². The average Bonchev–Trinajstić information content (AvgIpc) is 3.12. The molecule has 3 heterocycles. The number of ether oxygens (including phenoxy) is 1. The smallest absolute Gasteiger partial charge is 0.274 e. The van der Waals surface area contributed by atoms with Gasteiger partial charge in [-0.25, -0.2) is 9.37 Å². The SMILES string of the molecule is CN(c1ccc(F)cc1)[C@@H]1COC2(CCN(C(=O)c3cnccn3)CC2)C1. The van der Waals surface area contributed by atoms with E-state index in [0.717, 1.165) is 24.9 Å². The van der Waals surface area contributed by atoms with E-state index in [0.29, 0.717) is 25.4 Å². The molecule has 2 aliphatic heterocycles. The molecule has 6 nitrogen and oxygen atoms in total. The van der Waals surface area contributed by atoms with E-state index in [1.54, 1.807) is 18.3 Å². The molecule has 2 fully saturated rings. The van der Waals surface area contributed by atoms with Crippen molar-refractivity contribution in [2.24, 2.45) is 0 Å². The number of likely N-dealkylation sites (tertiary alicyclic amines) is 1. The number of piperidine rings is 1. The molecular weight excluding hydrogens is 347 g/mol. The molecule has 0 unspecified atom stereocenters. The summed E-state index contributed by atoms with van der Waals surface area (Å²) in [5, 5.41) is 0. The Labute approximate surface area is 158 Å². The van der Waals surface area contributed by atoms with E-state index in [1.165, 1.54) is 24.5 Å². The molecule has 2 aromatic rings. The number of likely N-dealkylation sites (N-methyl/N-ethyl adjacent to an activating group) is 1. The molecule has 1 amide bonds. The molecule has 4 rings (SSSR count). The van der Waals surface area contributed by atoms with E-state index < -0.39 is 0 Å². The summed E-state index contributed by atoms with van der Waals surface area (Å²) in [5.74, 6) is -0.303. The van der Waals surface area contributed by atoms with Gasteiger partial charge in [-0.05, 0) is 43.5 Å². The van der Waals surface area contributed by atoms with Gasteiger partial charge in [0.25, 0.3) is 5.91 Å². The second kappa shape index (κ2) is 7.23. The van der Waals surface area contributed by atoms with E-state index >= 15 is 0 Å². The summed E-state index contributed by atoms with van der Waals surface area (Å²) in [6, 6.07) is 6.80. The van der Waals surface area contributed by atoms with Crippen LogP contribution in [-0.4, -0.2) is 59.2 Å². The van der Waals surface area contributed by atoms with Crippen LogP contribution in [-0.2, 0) is 4.74 Å². The molecule has 1 aromatic heterocycles. The lowest BCUT2D eigenvalue weighted by molar-refractivity contribution is -0.0389. The highest BCUT2D eigenvalue weighted by Gasteiger charge is 2.44. The van der Waals surface area contributed by atoms with Gasteiger partial charge in [0.15, 0.2) is 0 Å². The third-order valence-electron chi connectivity index (χ3n) is 5.72. The van der Waals surface area contributed by atoms with E-state index in [1.807, 2.05) is 11.9 Å². The van der Waals surface area contributed by atoms with Gasteiger partial charge in [0.05, 0.1) is 24.4 Å². The van der Waals surface area contributed by atoms with Crippen LogP contribution < -0.4 is 4.90 Å². The maximum atomic E-state index is 13.2. The predicted molar refractivity (Wildman–Crippen MR) is 99.1 cm³/mol. The zero-order chi connectivity index (χ0) is 18.9. The molecule has 2 saturated heterocycles. The van der Waals surface area contributed by atoms with Crippen molar-refractivity contribution in [2.45, 2.75) is 30.9 Å². The zero-order valence-electron chi connectivity index (χ0n) is 15.3. The molecule has 0 N–H and O–H groups in total. The minimum atomic E-state index is -0.230. The third-order valence-corrected chi connectivity index (χ3v) is 5.72. The fraction of sp³-hybridized carbons (Fsp3) is 0.450. The first-order valence-corrected chi connectivity index (χ1v) is 9.24. The topological polar surface area (TPSA) is 58.6 Å². The van der Waals surface area contributed by atoms with Crippen molar-refractivity contribution in [3.05, 3.63) is 54.4 Å². The number of halogens is 1. The number of amides is 1. The van der Waals surface area contributed by atoms with Gasteiger partial charge in [0, 0.05) is 38.2 Å². The number of rotatable bonds is 3. The van der Waals surface area contributed by atoms with Crippen LogP contribution in [0.5, 0.6) is 0 Å². The minimum Gasteiger partial charge on any atom is -0.373 e. The standard InChI is InChI=1S/C20H23FN4O2/c1-24(16-4-2-15(21)3-5-16)17-12-20(27-14-17)6-10-25(11-7-20)19(26)18-13-22-8-9-23-18/h2-5,8-9,13,17H,6-7,10-12,14H2,1H3/t17-/m0/s1. The monoisotopic (exact) mass is 370 g/mol. The van der Waals surface area contributed by atoms with Crippen LogP contribution in [0, 0.1) is 5.82 Å². The molecule has 0 radical (unpaired) electrons. The van der Waals surface area contributed by atoms with Crippen molar-refractivity contribution in [1.82, 2.24) is 14.9 Å². The Hall–Kier alpha value is -2.54. The first kappa shape index (κ1) is 17.9. The Balaban J connectivity index is 1.36. The second-order valence-corrected chi connectivity index (χ2v) is 7.32. The van der Waals surface area contributed by atoms with Gasteiger partial charge in [-0.3, -0.25) is 9.78 Å². The maximum absolute atomic E-state index is 13.2. The Morgan fingerprint density at radius 3 is 2.67 bits per heavy atom. The van der Waals surface area contributed by atoms with Crippen LogP contribution >= 0.6 is 0 Å². The number of aromatic nitrogens is 2. The van der Waals surface area contributed by atoms with Gasteiger partial charge in [-0.1, -0.05) is 0 Å². The number of anilines is 1. The van der Waals surface area contributed by atoms with Crippen LogP contribution in [0.3, 0.4) is 0 Å². The molecule has 142 valence electrons. The maximum Gasteiger partial charge on any atom is 0.274 e. The van der Waals surface area contributed by atoms with Crippen LogP contribution in [0.1, 0.15) is 29.8 Å². The Morgan fingerprint density at radius 1 is 1.26 bits per heavy atom. The number of carbonyl (C=O) groups is 1. The van der Waals surface area contributed by atoms with Crippen molar-refractivity contribution < 1.29 is 13.9 Å². The van der Waals surface area contributed by atoms with Gasteiger partial charge in [-0.2, -0.15) is 0 Å². The summed E-state index contributed by atoms with van der Waals surface area (Å²) < 4.78 is 19.4. The fourth-order valence-corrected chi connectivity index (χ4v) is 3.99. The van der Waals surface area contributed by atoms with E-state index in [-0.39, 0.29) is 23.4 Å². The molecule has 1 aromatic carbocycles. The van der Waals surface area contributed by atoms with Gasteiger partial charge < -0.3 is 14.5 Å². The molecule has 0 bridgehead atoms. The highest BCUT2D eigenvalue weighted by Crippen LogP contribution is 2.38. The summed E-state index contributed by atoms with van der Waals surface area (Å²) in [6.45, 7) is 1.96. The molecule has 2 aliphatic rings. The van der Waals surface area contributed by atoms with Crippen LogP contribution in [0.25, 0.3) is 0 Å². The number of benzene rings is 1. The quantitative estimate of drug-likeness (QED) is 0.831.